The molecule has 0 bridgehead atoms. The van der Waals surface area contributed by atoms with E-state index in [0.717, 1.165) is 5.39 Å². The van der Waals surface area contributed by atoms with Crippen LogP contribution in [0.25, 0.3) is 10.9 Å². The smallest absolute Gasteiger partial charge is 0.255 e. The van der Waals surface area contributed by atoms with Crippen molar-refractivity contribution in [1.82, 2.24) is 24.5 Å². The summed E-state index contributed by atoms with van der Waals surface area (Å²) in [5.74, 6) is -0.204. The van der Waals surface area contributed by atoms with Gasteiger partial charge >= 0.3 is 0 Å². The number of piperazine rings is 1. The van der Waals surface area contributed by atoms with Crippen molar-refractivity contribution in [1.29, 1.82) is 0 Å². The van der Waals surface area contributed by atoms with E-state index in [2.05, 4.69) is 20.2 Å². The van der Waals surface area contributed by atoms with Crippen molar-refractivity contribution in [3.8, 4) is 0 Å². The molecule has 28 heavy (non-hydrogen) atoms. The van der Waals surface area contributed by atoms with Gasteiger partial charge in [0.25, 0.3) is 5.91 Å². The highest BCUT2D eigenvalue weighted by Crippen LogP contribution is 2.14. The molecule has 1 aliphatic heterocycles. The van der Waals surface area contributed by atoms with Crippen molar-refractivity contribution in [2.75, 3.05) is 58.7 Å². The summed E-state index contributed by atoms with van der Waals surface area (Å²) < 4.78 is 30.7. The minimum absolute atomic E-state index is 0.00661. The quantitative estimate of drug-likeness (QED) is 0.654. The lowest BCUT2D eigenvalue weighted by Gasteiger charge is -2.33. The molecule has 0 atom stereocenters. The van der Waals surface area contributed by atoms with Gasteiger partial charge in [-0.25, -0.2) is 8.42 Å². The van der Waals surface area contributed by atoms with Crippen LogP contribution in [0.5, 0.6) is 0 Å². The van der Waals surface area contributed by atoms with Crippen LogP contribution in [0, 0.1) is 0 Å². The highest BCUT2D eigenvalue weighted by atomic mass is 32.2. The second-order valence-electron chi connectivity index (χ2n) is 6.57. The lowest BCUT2D eigenvalue weighted by molar-refractivity contribution is 0.0946. The van der Waals surface area contributed by atoms with Crippen molar-refractivity contribution < 1.29 is 17.9 Å². The van der Waals surface area contributed by atoms with E-state index in [-0.39, 0.29) is 18.3 Å². The van der Waals surface area contributed by atoms with E-state index in [0.29, 0.717) is 50.3 Å². The number of ether oxygens (including phenoxy) is 1. The number of nitrogens with zero attached hydrogens (tertiary/aromatic N) is 4. The molecule has 2 aromatic rings. The predicted molar refractivity (Wildman–Crippen MR) is 106 cm³/mol. The number of methoxy groups -OCH3 is 1. The summed E-state index contributed by atoms with van der Waals surface area (Å²) in [5.41, 5.74) is 1.08. The molecule has 152 valence electrons. The lowest BCUT2D eigenvalue weighted by Crippen LogP contribution is -2.50. The van der Waals surface area contributed by atoms with Gasteiger partial charge in [-0.2, -0.15) is 4.31 Å². The van der Waals surface area contributed by atoms with Crippen molar-refractivity contribution >= 4 is 26.8 Å². The first kappa shape index (κ1) is 20.6. The zero-order valence-electron chi connectivity index (χ0n) is 15.9. The summed E-state index contributed by atoms with van der Waals surface area (Å²) in [6.45, 7) is 3.52. The van der Waals surface area contributed by atoms with Crippen LogP contribution in [0.15, 0.2) is 30.7 Å². The lowest BCUT2D eigenvalue weighted by atomic mass is 10.2. The van der Waals surface area contributed by atoms with E-state index < -0.39 is 10.0 Å². The molecule has 9 nitrogen and oxygen atoms in total. The molecule has 0 spiro atoms. The van der Waals surface area contributed by atoms with E-state index in [1.165, 1.54) is 17.6 Å². The van der Waals surface area contributed by atoms with E-state index in [1.54, 1.807) is 18.5 Å². The number of nitrogens with one attached hydrogen (secondary N) is 1. The number of pyridine rings is 2. The Balaban J connectivity index is 1.47. The molecular weight excluding hydrogens is 382 g/mol. The molecule has 0 aliphatic carbocycles. The molecule has 1 amide bonds. The number of sulfonamides is 1. The summed E-state index contributed by atoms with van der Waals surface area (Å²) in [4.78, 5) is 23.0. The van der Waals surface area contributed by atoms with Gasteiger partial charge in [0, 0.05) is 70.4 Å². The first-order valence-electron chi connectivity index (χ1n) is 9.17. The molecule has 3 heterocycles. The number of aromatic nitrogens is 2. The van der Waals surface area contributed by atoms with Gasteiger partial charge in [-0.15, -0.1) is 0 Å². The van der Waals surface area contributed by atoms with E-state index in [4.69, 9.17) is 4.74 Å². The van der Waals surface area contributed by atoms with Gasteiger partial charge in [-0.1, -0.05) is 0 Å². The zero-order chi connectivity index (χ0) is 20.0. The highest BCUT2D eigenvalue weighted by Gasteiger charge is 2.26. The number of carbonyl (C=O) groups is 1. The predicted octanol–water partition coefficient (Wildman–Crippen LogP) is -0.0466. The molecule has 0 unspecified atom stereocenters. The number of hydrogen-bond acceptors (Lipinski definition) is 7. The second-order valence-corrected chi connectivity index (χ2v) is 8.66. The molecule has 2 aromatic heterocycles. The van der Waals surface area contributed by atoms with Gasteiger partial charge in [0.05, 0.1) is 23.4 Å². The summed E-state index contributed by atoms with van der Waals surface area (Å²) in [7, 11) is -1.77. The summed E-state index contributed by atoms with van der Waals surface area (Å²) >= 11 is 0. The topological polar surface area (TPSA) is 105 Å². The van der Waals surface area contributed by atoms with E-state index in [9.17, 15) is 13.2 Å². The largest absolute Gasteiger partial charge is 0.384 e. The first-order chi connectivity index (χ1) is 13.5. The zero-order valence-corrected chi connectivity index (χ0v) is 16.7. The molecule has 1 aliphatic rings. The molecule has 10 heteroatoms. The first-order valence-corrected chi connectivity index (χ1v) is 10.8. The number of carbonyl (C=O) groups excluding carboxylic acids is 1. The fourth-order valence-corrected chi connectivity index (χ4v) is 4.49. The van der Waals surface area contributed by atoms with E-state index in [1.807, 2.05) is 6.07 Å². The maximum absolute atomic E-state index is 12.5. The molecule has 0 radical (unpaired) electrons. The average Bonchev–Trinajstić information content (AvgIpc) is 2.72. The summed E-state index contributed by atoms with van der Waals surface area (Å²) in [5, 5.41) is 3.72. The maximum atomic E-state index is 12.5. The molecular formula is C18H25N5O4S. The average molecular weight is 407 g/mol. The second kappa shape index (κ2) is 9.37. The summed E-state index contributed by atoms with van der Waals surface area (Å²) in [6, 6.07) is 3.67. The Labute approximate surface area is 164 Å². The van der Waals surface area contributed by atoms with Crippen LogP contribution in [0.2, 0.25) is 0 Å². The van der Waals surface area contributed by atoms with Crippen LogP contribution in [0.1, 0.15) is 10.4 Å². The molecule has 0 aromatic carbocycles. The molecule has 3 rings (SSSR count). The third-order valence-electron chi connectivity index (χ3n) is 4.74. The van der Waals surface area contributed by atoms with Gasteiger partial charge in [0.1, 0.15) is 0 Å². The summed E-state index contributed by atoms with van der Waals surface area (Å²) in [6.07, 6.45) is 4.85. The number of amides is 1. The van der Waals surface area contributed by atoms with Crippen molar-refractivity contribution in [3.63, 3.8) is 0 Å². The van der Waals surface area contributed by atoms with Crippen molar-refractivity contribution in [2.24, 2.45) is 0 Å². The fourth-order valence-electron chi connectivity index (χ4n) is 3.14. The van der Waals surface area contributed by atoms with Crippen LogP contribution in [-0.2, 0) is 14.8 Å². The van der Waals surface area contributed by atoms with Gasteiger partial charge in [0.15, 0.2) is 0 Å². The number of fused-ring (bicyclic) bond motifs is 1. The Morgan fingerprint density at radius 1 is 1.25 bits per heavy atom. The third kappa shape index (κ3) is 5.02. The Hall–Kier alpha value is -2.14. The SMILES string of the molecule is COCCS(=O)(=O)N1CCN(CCNC(=O)c2cncc3cccnc23)CC1. The molecule has 1 N–H and O–H groups in total. The van der Waals surface area contributed by atoms with Gasteiger partial charge in [-0.05, 0) is 12.1 Å². The van der Waals surface area contributed by atoms with Gasteiger partial charge in [-0.3, -0.25) is 19.7 Å². The Bertz CT molecular complexity index is 908. The van der Waals surface area contributed by atoms with E-state index >= 15 is 0 Å². The van der Waals surface area contributed by atoms with Crippen molar-refractivity contribution in [2.45, 2.75) is 0 Å². The Morgan fingerprint density at radius 2 is 2.04 bits per heavy atom. The van der Waals surface area contributed by atoms with Crippen LogP contribution in [-0.4, -0.2) is 92.2 Å². The van der Waals surface area contributed by atoms with Gasteiger partial charge < -0.3 is 10.1 Å². The minimum atomic E-state index is -3.26. The maximum Gasteiger partial charge on any atom is 0.255 e. The van der Waals surface area contributed by atoms with Gasteiger partial charge in [0.2, 0.25) is 10.0 Å². The minimum Gasteiger partial charge on any atom is -0.384 e. The van der Waals surface area contributed by atoms with Crippen LogP contribution < -0.4 is 5.32 Å². The highest BCUT2D eigenvalue weighted by molar-refractivity contribution is 7.89. The van der Waals surface area contributed by atoms with Crippen LogP contribution >= 0.6 is 0 Å². The Kier molecular flexibility index (Phi) is 6.89. The van der Waals surface area contributed by atoms with Crippen molar-refractivity contribution in [3.05, 3.63) is 36.3 Å². The molecule has 1 fully saturated rings. The monoisotopic (exact) mass is 407 g/mol. The third-order valence-corrected chi connectivity index (χ3v) is 6.57. The molecule has 1 saturated heterocycles. The van der Waals surface area contributed by atoms with Crippen LogP contribution in [0.4, 0.5) is 0 Å². The van der Waals surface area contributed by atoms with Crippen LogP contribution in [0.3, 0.4) is 0 Å². The number of hydrogen-bond donors (Lipinski definition) is 1. The number of rotatable bonds is 8. The normalized spacial score (nSPS) is 16.3. The Morgan fingerprint density at radius 3 is 2.79 bits per heavy atom. The molecule has 0 saturated carbocycles. The fraction of sp³-hybridized carbons (Fsp3) is 0.500. The standard InChI is InChI=1S/C18H25N5O4S/c1-27-11-12-28(25,26)23-9-7-22(8-10-23)6-5-21-18(24)16-14-19-13-15-3-2-4-20-17(15)16/h2-4,13-14H,5-12H2,1H3,(H,21,24).